The SMILES string of the molecule is CN(C)CC(=O)NC1CCCN(c2nc3cc(C(=O)Nc4nc(C(C)(C)C)cs4)ccn3c(=O)c2/C=C/C(=O)O)C1. The fourth-order valence-corrected chi connectivity index (χ4v) is 5.45. The molecule has 0 aromatic carbocycles. The molecule has 3 aromatic heterocycles. The number of thiazole rings is 1. The third-order valence-electron chi connectivity index (χ3n) is 6.54. The zero-order valence-electron chi connectivity index (χ0n) is 23.8. The molecule has 13 heteroatoms. The minimum Gasteiger partial charge on any atom is -0.478 e. The fraction of sp³-hybridized carbons (Fsp3) is 0.429. The number of piperidine rings is 1. The summed E-state index contributed by atoms with van der Waals surface area (Å²) in [5, 5.41) is 17.4. The lowest BCUT2D eigenvalue weighted by Crippen LogP contribution is -2.50. The van der Waals surface area contributed by atoms with Crippen molar-refractivity contribution in [2.24, 2.45) is 0 Å². The van der Waals surface area contributed by atoms with E-state index >= 15 is 0 Å². The van der Waals surface area contributed by atoms with E-state index in [4.69, 9.17) is 4.98 Å². The third-order valence-corrected chi connectivity index (χ3v) is 7.30. The first-order valence-corrected chi connectivity index (χ1v) is 14.1. The average Bonchev–Trinajstić information content (AvgIpc) is 3.36. The highest BCUT2D eigenvalue weighted by Gasteiger charge is 2.26. The number of carbonyl (C=O) groups is 3. The van der Waals surface area contributed by atoms with Crippen molar-refractivity contribution in [1.29, 1.82) is 0 Å². The van der Waals surface area contributed by atoms with Gasteiger partial charge in [0.15, 0.2) is 5.13 Å². The molecule has 12 nitrogen and oxygen atoms in total. The van der Waals surface area contributed by atoms with E-state index in [9.17, 15) is 24.3 Å². The number of carboxylic acid groups (broad SMARTS) is 1. The van der Waals surface area contributed by atoms with Crippen molar-refractivity contribution in [3.63, 3.8) is 0 Å². The standard InChI is InChI=1S/C28H35N7O5S/c1-28(2,3)20-16-41-27(30-20)32-25(39)17-10-12-35-21(13-17)31-24(19(26(35)40)8-9-23(37)38)34-11-6-7-18(14-34)29-22(36)15-33(4)5/h8-10,12-13,16,18H,6-7,11,14-15H2,1-5H3,(H,29,36)(H,37,38)(H,30,32,39)/b9-8+. The van der Waals surface area contributed by atoms with Gasteiger partial charge in [0.2, 0.25) is 5.91 Å². The number of fused-ring (bicyclic) bond motifs is 1. The van der Waals surface area contributed by atoms with Gasteiger partial charge in [0.25, 0.3) is 11.5 Å². The van der Waals surface area contributed by atoms with E-state index in [2.05, 4.69) is 15.6 Å². The number of hydrogen-bond donors (Lipinski definition) is 3. The maximum Gasteiger partial charge on any atom is 0.328 e. The molecule has 3 aromatic rings. The number of carbonyl (C=O) groups excluding carboxylic acids is 2. The lowest BCUT2D eigenvalue weighted by molar-refractivity contribution is -0.131. The number of anilines is 2. The van der Waals surface area contributed by atoms with Gasteiger partial charge in [-0.25, -0.2) is 14.8 Å². The van der Waals surface area contributed by atoms with Gasteiger partial charge in [-0.2, -0.15) is 0 Å². The molecule has 41 heavy (non-hydrogen) atoms. The van der Waals surface area contributed by atoms with Crippen LogP contribution in [0.4, 0.5) is 10.9 Å². The normalized spacial score (nSPS) is 16.0. The summed E-state index contributed by atoms with van der Waals surface area (Å²) in [6, 6.07) is 2.86. The van der Waals surface area contributed by atoms with Crippen molar-refractivity contribution >= 4 is 51.8 Å². The van der Waals surface area contributed by atoms with E-state index in [0.717, 1.165) is 24.6 Å². The molecule has 0 saturated carbocycles. The van der Waals surface area contributed by atoms with Crippen molar-refractivity contribution in [3.05, 3.63) is 57.0 Å². The maximum absolute atomic E-state index is 13.5. The first-order valence-electron chi connectivity index (χ1n) is 13.3. The van der Waals surface area contributed by atoms with Gasteiger partial charge in [0.1, 0.15) is 11.5 Å². The highest BCUT2D eigenvalue weighted by molar-refractivity contribution is 7.14. The number of hydrogen-bond acceptors (Lipinski definition) is 9. The Morgan fingerprint density at radius 3 is 2.66 bits per heavy atom. The highest BCUT2D eigenvalue weighted by Crippen LogP contribution is 2.27. The summed E-state index contributed by atoms with van der Waals surface area (Å²) in [4.78, 5) is 63.1. The lowest BCUT2D eigenvalue weighted by Gasteiger charge is -2.35. The second-order valence-electron chi connectivity index (χ2n) is 11.3. The van der Waals surface area contributed by atoms with Crippen molar-refractivity contribution < 1.29 is 19.5 Å². The van der Waals surface area contributed by atoms with Gasteiger partial charge >= 0.3 is 5.97 Å². The number of carboxylic acids is 1. The van der Waals surface area contributed by atoms with E-state index in [1.54, 1.807) is 4.90 Å². The van der Waals surface area contributed by atoms with Gasteiger partial charge in [-0.15, -0.1) is 11.3 Å². The van der Waals surface area contributed by atoms with Gasteiger partial charge < -0.3 is 20.2 Å². The predicted molar refractivity (Wildman–Crippen MR) is 159 cm³/mol. The van der Waals surface area contributed by atoms with Gasteiger partial charge in [0, 0.05) is 47.8 Å². The molecule has 1 unspecified atom stereocenters. The van der Waals surface area contributed by atoms with E-state index < -0.39 is 17.4 Å². The van der Waals surface area contributed by atoms with Gasteiger partial charge in [-0.3, -0.25) is 24.1 Å². The number of rotatable bonds is 8. The minimum atomic E-state index is -1.20. The zero-order valence-corrected chi connectivity index (χ0v) is 24.6. The van der Waals surface area contributed by atoms with Crippen LogP contribution in [0.2, 0.25) is 0 Å². The topological polar surface area (TPSA) is 149 Å². The number of aromatic nitrogens is 3. The number of amides is 2. The molecular formula is C28H35N7O5S. The van der Waals surface area contributed by atoms with Gasteiger partial charge in [-0.05, 0) is 45.1 Å². The van der Waals surface area contributed by atoms with Crippen LogP contribution in [0.15, 0.2) is 34.6 Å². The van der Waals surface area contributed by atoms with Crippen molar-refractivity contribution in [2.75, 3.05) is 43.9 Å². The molecule has 0 spiro atoms. The molecule has 3 N–H and O–H groups in total. The Hall–Kier alpha value is -4.10. The van der Waals surface area contributed by atoms with Crippen LogP contribution in [0.3, 0.4) is 0 Å². The van der Waals surface area contributed by atoms with Crippen molar-refractivity contribution in [2.45, 2.75) is 45.1 Å². The Morgan fingerprint density at radius 1 is 1.24 bits per heavy atom. The van der Waals surface area contributed by atoms with Crippen LogP contribution in [0.1, 0.15) is 55.2 Å². The van der Waals surface area contributed by atoms with Crippen LogP contribution < -0.4 is 21.1 Å². The number of pyridine rings is 1. The quantitative estimate of drug-likeness (QED) is 0.341. The summed E-state index contributed by atoms with van der Waals surface area (Å²) in [5.74, 6) is -1.40. The Bertz CT molecular complexity index is 1550. The fourth-order valence-electron chi connectivity index (χ4n) is 4.52. The molecule has 218 valence electrons. The smallest absolute Gasteiger partial charge is 0.328 e. The van der Waals surface area contributed by atoms with Crippen LogP contribution >= 0.6 is 11.3 Å². The Kier molecular flexibility index (Phi) is 8.88. The zero-order chi connectivity index (χ0) is 29.9. The van der Waals surface area contributed by atoms with Crippen LogP contribution in [-0.4, -0.2) is 81.9 Å². The second-order valence-corrected chi connectivity index (χ2v) is 12.2. The van der Waals surface area contributed by atoms with Crippen molar-refractivity contribution in [3.8, 4) is 0 Å². The monoisotopic (exact) mass is 581 g/mol. The van der Waals surface area contributed by atoms with E-state index in [-0.39, 0.29) is 40.7 Å². The number of nitrogens with zero attached hydrogens (tertiary/aromatic N) is 5. The van der Waals surface area contributed by atoms with E-state index in [1.807, 2.05) is 45.1 Å². The van der Waals surface area contributed by atoms with Crippen LogP contribution in [0.5, 0.6) is 0 Å². The van der Waals surface area contributed by atoms with Gasteiger partial charge in [-0.1, -0.05) is 20.8 Å². The maximum atomic E-state index is 13.5. The lowest BCUT2D eigenvalue weighted by atomic mass is 9.93. The molecule has 0 radical (unpaired) electrons. The van der Waals surface area contributed by atoms with Gasteiger partial charge in [0.05, 0.1) is 17.8 Å². The Labute approximate surface area is 241 Å². The molecule has 0 aliphatic carbocycles. The van der Waals surface area contributed by atoms with Crippen molar-refractivity contribution in [1.82, 2.24) is 24.6 Å². The third kappa shape index (κ3) is 7.35. The van der Waals surface area contributed by atoms with Crippen LogP contribution in [-0.2, 0) is 15.0 Å². The second kappa shape index (κ2) is 12.2. The molecule has 1 aliphatic heterocycles. The first kappa shape index (κ1) is 29.9. The molecule has 2 amide bonds. The molecule has 1 atom stereocenters. The first-order chi connectivity index (χ1) is 19.3. The summed E-state index contributed by atoms with van der Waals surface area (Å²) in [7, 11) is 3.63. The van der Waals surface area contributed by atoms with E-state index in [1.165, 1.54) is 40.1 Å². The van der Waals surface area contributed by atoms with Crippen LogP contribution in [0, 0.1) is 0 Å². The number of likely N-dealkylation sites (N-methyl/N-ethyl adjacent to an activating group) is 1. The Balaban J connectivity index is 1.67. The van der Waals surface area contributed by atoms with E-state index in [0.29, 0.717) is 24.0 Å². The summed E-state index contributed by atoms with van der Waals surface area (Å²) in [6.07, 6.45) is 5.09. The summed E-state index contributed by atoms with van der Waals surface area (Å²) < 4.78 is 1.28. The molecule has 1 saturated heterocycles. The minimum absolute atomic E-state index is 0.107. The number of aliphatic carboxylic acids is 1. The molecule has 1 fully saturated rings. The molecule has 0 bridgehead atoms. The molecule has 1 aliphatic rings. The summed E-state index contributed by atoms with van der Waals surface area (Å²) in [6.45, 7) is 7.34. The molecule has 4 rings (SSSR count). The molecule has 4 heterocycles. The summed E-state index contributed by atoms with van der Waals surface area (Å²) >= 11 is 1.34. The highest BCUT2D eigenvalue weighted by atomic mass is 32.1. The molecular weight excluding hydrogens is 546 g/mol. The number of nitrogens with one attached hydrogen (secondary N) is 2. The summed E-state index contributed by atoms with van der Waals surface area (Å²) in [5.41, 5.74) is 0.881. The average molecular weight is 582 g/mol. The Morgan fingerprint density at radius 2 is 2.00 bits per heavy atom. The van der Waals surface area contributed by atoms with Crippen LogP contribution in [0.25, 0.3) is 11.7 Å². The largest absolute Gasteiger partial charge is 0.478 e. The predicted octanol–water partition coefficient (Wildman–Crippen LogP) is 2.45.